The molecule has 0 radical (unpaired) electrons. The number of nitrogens with two attached hydrogens (primary N) is 1. The molecule has 2 nitrogen and oxygen atoms in total. The van der Waals surface area contributed by atoms with Crippen LogP contribution in [0.4, 0.5) is 5.69 Å². The average molecular weight is 334 g/mol. The topological polar surface area (TPSA) is 30.9 Å². The monoisotopic (exact) mass is 334 g/mol. The van der Waals surface area contributed by atoms with Gasteiger partial charge in [0.2, 0.25) is 0 Å². The number of benzene rings is 4. The quantitative estimate of drug-likeness (QED) is 0.392. The van der Waals surface area contributed by atoms with Crippen LogP contribution in [0.25, 0.3) is 38.6 Å². The van der Waals surface area contributed by atoms with Crippen molar-refractivity contribution in [3.63, 3.8) is 0 Å². The zero-order chi connectivity index (χ0) is 17.5. The minimum absolute atomic E-state index is 0.792. The molecule has 0 aliphatic carbocycles. The van der Waals surface area contributed by atoms with E-state index in [1.54, 1.807) is 0 Å². The molecule has 1 heterocycles. The number of rotatable bonds is 2. The smallest absolute Gasteiger partial charge is 0.0542 e. The number of para-hydroxylation sites is 1. The number of hydrogen-bond donors (Lipinski definition) is 1. The standard InChI is InChI=1S/C24H18N2/c25-19-12-15-24-22(16-19)21-8-4-5-9-23(21)26(24)20-13-10-18(11-14-20)17-6-2-1-3-7-17/h1-16H,25H2. The molecular weight excluding hydrogens is 316 g/mol. The van der Waals surface area contributed by atoms with Crippen LogP contribution in [-0.2, 0) is 0 Å². The highest BCUT2D eigenvalue weighted by molar-refractivity contribution is 6.10. The first-order chi connectivity index (χ1) is 12.8. The van der Waals surface area contributed by atoms with Gasteiger partial charge in [0.1, 0.15) is 0 Å². The maximum Gasteiger partial charge on any atom is 0.0542 e. The predicted molar refractivity (Wildman–Crippen MR) is 111 cm³/mol. The summed E-state index contributed by atoms with van der Waals surface area (Å²) in [5.41, 5.74) is 12.8. The van der Waals surface area contributed by atoms with Gasteiger partial charge in [-0.15, -0.1) is 0 Å². The van der Waals surface area contributed by atoms with Crippen molar-refractivity contribution in [3.05, 3.63) is 97.1 Å². The maximum absolute atomic E-state index is 6.04. The van der Waals surface area contributed by atoms with Gasteiger partial charge in [0.25, 0.3) is 0 Å². The lowest BCUT2D eigenvalue weighted by Gasteiger charge is -2.09. The summed E-state index contributed by atoms with van der Waals surface area (Å²) in [6.45, 7) is 0. The molecule has 0 saturated heterocycles. The summed E-state index contributed by atoms with van der Waals surface area (Å²) in [6.07, 6.45) is 0. The minimum atomic E-state index is 0.792. The normalized spacial score (nSPS) is 11.2. The SMILES string of the molecule is Nc1ccc2c(c1)c1ccccc1n2-c1ccc(-c2ccccc2)cc1. The molecule has 5 aromatic rings. The van der Waals surface area contributed by atoms with Crippen LogP contribution in [0.5, 0.6) is 0 Å². The van der Waals surface area contributed by atoms with E-state index in [2.05, 4.69) is 89.5 Å². The molecule has 0 aliphatic rings. The lowest BCUT2D eigenvalue weighted by Crippen LogP contribution is -1.94. The highest BCUT2D eigenvalue weighted by Gasteiger charge is 2.12. The highest BCUT2D eigenvalue weighted by Crippen LogP contribution is 2.33. The van der Waals surface area contributed by atoms with Crippen molar-refractivity contribution in [1.29, 1.82) is 0 Å². The largest absolute Gasteiger partial charge is 0.399 e. The lowest BCUT2D eigenvalue weighted by atomic mass is 10.1. The van der Waals surface area contributed by atoms with Crippen LogP contribution in [0.15, 0.2) is 97.1 Å². The van der Waals surface area contributed by atoms with Crippen LogP contribution < -0.4 is 5.73 Å². The Morgan fingerprint density at radius 2 is 1.19 bits per heavy atom. The molecule has 2 heteroatoms. The Bertz CT molecular complexity index is 1220. The van der Waals surface area contributed by atoms with Crippen LogP contribution in [0, 0.1) is 0 Å². The maximum atomic E-state index is 6.04. The van der Waals surface area contributed by atoms with Crippen LogP contribution in [-0.4, -0.2) is 4.57 Å². The molecule has 124 valence electrons. The first-order valence-corrected chi connectivity index (χ1v) is 8.76. The van der Waals surface area contributed by atoms with Gasteiger partial charge < -0.3 is 10.3 Å². The summed E-state index contributed by atoms with van der Waals surface area (Å²) in [7, 11) is 0. The first kappa shape index (κ1) is 14.8. The second-order valence-electron chi connectivity index (χ2n) is 6.54. The zero-order valence-electron chi connectivity index (χ0n) is 14.3. The van der Waals surface area contributed by atoms with Gasteiger partial charge in [-0.3, -0.25) is 0 Å². The summed E-state index contributed by atoms with van der Waals surface area (Å²) >= 11 is 0. The molecule has 1 aromatic heterocycles. The molecule has 0 atom stereocenters. The van der Waals surface area contributed by atoms with Crippen molar-refractivity contribution in [2.24, 2.45) is 0 Å². The number of hydrogen-bond acceptors (Lipinski definition) is 1. The minimum Gasteiger partial charge on any atom is -0.399 e. The number of anilines is 1. The Morgan fingerprint density at radius 1 is 0.538 bits per heavy atom. The third-order valence-electron chi connectivity index (χ3n) is 4.93. The van der Waals surface area contributed by atoms with E-state index < -0.39 is 0 Å². The van der Waals surface area contributed by atoms with Gasteiger partial charge in [-0.1, -0.05) is 60.7 Å². The van der Waals surface area contributed by atoms with Gasteiger partial charge >= 0.3 is 0 Å². The van der Waals surface area contributed by atoms with Crippen LogP contribution in [0.1, 0.15) is 0 Å². The van der Waals surface area contributed by atoms with Crippen molar-refractivity contribution in [1.82, 2.24) is 4.57 Å². The van der Waals surface area contributed by atoms with Crippen molar-refractivity contribution >= 4 is 27.5 Å². The summed E-state index contributed by atoms with van der Waals surface area (Å²) in [5, 5.41) is 2.41. The van der Waals surface area contributed by atoms with Crippen molar-refractivity contribution in [3.8, 4) is 16.8 Å². The van der Waals surface area contributed by atoms with E-state index in [0.717, 1.165) is 11.4 Å². The number of fused-ring (bicyclic) bond motifs is 3. The fourth-order valence-electron chi connectivity index (χ4n) is 3.70. The van der Waals surface area contributed by atoms with E-state index >= 15 is 0 Å². The van der Waals surface area contributed by atoms with Gasteiger partial charge in [-0.05, 0) is 47.5 Å². The third kappa shape index (κ3) is 2.27. The highest BCUT2D eigenvalue weighted by atomic mass is 15.0. The van der Waals surface area contributed by atoms with Crippen molar-refractivity contribution in [2.75, 3.05) is 5.73 Å². The van der Waals surface area contributed by atoms with E-state index in [1.165, 1.54) is 32.9 Å². The van der Waals surface area contributed by atoms with E-state index in [-0.39, 0.29) is 0 Å². The molecule has 0 bridgehead atoms. The fourth-order valence-corrected chi connectivity index (χ4v) is 3.70. The summed E-state index contributed by atoms with van der Waals surface area (Å²) in [4.78, 5) is 0. The van der Waals surface area contributed by atoms with Crippen LogP contribution in [0.3, 0.4) is 0 Å². The molecule has 4 aromatic carbocycles. The molecule has 0 saturated carbocycles. The Balaban J connectivity index is 1.73. The number of nitrogen functional groups attached to an aromatic ring is 1. The van der Waals surface area contributed by atoms with E-state index in [1.807, 2.05) is 12.1 Å². The van der Waals surface area contributed by atoms with Gasteiger partial charge in [0, 0.05) is 22.1 Å². The zero-order valence-corrected chi connectivity index (χ0v) is 14.3. The third-order valence-corrected chi connectivity index (χ3v) is 4.93. The molecule has 2 N–H and O–H groups in total. The Labute approximate surface area is 152 Å². The van der Waals surface area contributed by atoms with E-state index in [0.29, 0.717) is 0 Å². The second-order valence-corrected chi connectivity index (χ2v) is 6.54. The first-order valence-electron chi connectivity index (χ1n) is 8.76. The number of aromatic nitrogens is 1. The van der Waals surface area contributed by atoms with Crippen LogP contribution in [0.2, 0.25) is 0 Å². The molecule has 26 heavy (non-hydrogen) atoms. The van der Waals surface area contributed by atoms with Crippen molar-refractivity contribution in [2.45, 2.75) is 0 Å². The van der Waals surface area contributed by atoms with Gasteiger partial charge in [0.15, 0.2) is 0 Å². The molecule has 0 amide bonds. The van der Waals surface area contributed by atoms with E-state index in [9.17, 15) is 0 Å². The summed E-state index contributed by atoms with van der Waals surface area (Å²) < 4.78 is 2.30. The average Bonchev–Trinajstić information content (AvgIpc) is 3.02. The fraction of sp³-hybridized carbons (Fsp3) is 0. The molecular formula is C24H18N2. The lowest BCUT2D eigenvalue weighted by molar-refractivity contribution is 1.18. The molecule has 0 unspecified atom stereocenters. The molecule has 0 aliphatic heterocycles. The van der Waals surface area contributed by atoms with E-state index in [4.69, 9.17) is 5.73 Å². The van der Waals surface area contributed by atoms with Gasteiger partial charge in [0.05, 0.1) is 11.0 Å². The molecule has 0 fully saturated rings. The molecule has 0 spiro atoms. The van der Waals surface area contributed by atoms with Crippen LogP contribution >= 0.6 is 0 Å². The Hall–Kier alpha value is -3.52. The summed E-state index contributed by atoms with van der Waals surface area (Å²) in [6, 6.07) is 33.8. The Morgan fingerprint density at radius 3 is 2.00 bits per heavy atom. The Kier molecular flexibility index (Phi) is 3.29. The summed E-state index contributed by atoms with van der Waals surface area (Å²) in [5.74, 6) is 0. The second kappa shape index (κ2) is 5.78. The van der Waals surface area contributed by atoms with Gasteiger partial charge in [-0.25, -0.2) is 0 Å². The van der Waals surface area contributed by atoms with Crippen molar-refractivity contribution < 1.29 is 0 Å². The predicted octanol–water partition coefficient (Wildman–Crippen LogP) is 6.03. The van der Waals surface area contributed by atoms with Gasteiger partial charge in [-0.2, -0.15) is 0 Å². The number of nitrogens with zero attached hydrogens (tertiary/aromatic N) is 1. The molecule has 5 rings (SSSR count).